The number of aryl methyl sites for hydroxylation is 1. The highest BCUT2D eigenvalue weighted by Gasteiger charge is 1.92. The zero-order valence-electron chi connectivity index (χ0n) is 7.80. The molecule has 0 fully saturated rings. The van der Waals surface area contributed by atoms with Crippen LogP contribution in [0.5, 0.6) is 0 Å². The van der Waals surface area contributed by atoms with Crippen LogP contribution < -0.4 is 10.6 Å². The fraction of sp³-hybridized carbons (Fsp3) is 0.273. The summed E-state index contributed by atoms with van der Waals surface area (Å²) in [4.78, 5) is 0. The first-order valence-electron chi connectivity index (χ1n) is 4.18. The van der Waals surface area contributed by atoms with Crippen LogP contribution in [-0.2, 0) is 6.54 Å². The molecule has 12 heavy (non-hydrogen) atoms. The quantitative estimate of drug-likeness (QED) is 0.615. The molecule has 0 unspecified atom stereocenters. The van der Waals surface area contributed by atoms with Gasteiger partial charge in [0.1, 0.15) is 0 Å². The maximum absolute atomic E-state index is 4.01. The summed E-state index contributed by atoms with van der Waals surface area (Å²) in [5.74, 6) is 0. The monoisotopic (exact) mass is 161 g/mol. The molecular weight excluding hydrogens is 146 g/mol. The Kier molecular flexibility index (Phi) is 2.54. The van der Waals surface area contributed by atoms with Crippen LogP contribution in [0.4, 0.5) is 0 Å². The highest BCUT2D eigenvalue weighted by atomic mass is 14.9. The van der Waals surface area contributed by atoms with E-state index in [0.717, 1.165) is 11.9 Å². The van der Waals surface area contributed by atoms with Crippen LogP contribution in [0, 0.1) is 0 Å². The summed E-state index contributed by atoms with van der Waals surface area (Å²) >= 11 is 0. The molecule has 64 valence electrons. The van der Waals surface area contributed by atoms with Crippen molar-refractivity contribution in [1.82, 2.24) is 4.57 Å². The number of hydrogen-bond donors (Lipinski definition) is 0. The summed E-state index contributed by atoms with van der Waals surface area (Å²) in [6, 6.07) is 2.09. The lowest BCUT2D eigenvalue weighted by Crippen LogP contribution is -2.27. The van der Waals surface area contributed by atoms with E-state index in [1.54, 1.807) is 0 Å². The second kappa shape index (κ2) is 3.44. The Hall–Kier alpha value is -1.24. The van der Waals surface area contributed by atoms with Crippen molar-refractivity contribution in [2.75, 3.05) is 0 Å². The van der Waals surface area contributed by atoms with Crippen LogP contribution in [-0.4, -0.2) is 4.57 Å². The molecule has 1 nitrogen and oxygen atoms in total. The minimum atomic E-state index is 0.975. The van der Waals surface area contributed by atoms with Gasteiger partial charge < -0.3 is 4.57 Å². The Labute approximate surface area is 73.3 Å². The Morgan fingerprint density at radius 1 is 1.67 bits per heavy atom. The lowest BCUT2D eigenvalue weighted by molar-refractivity contribution is 0.745. The molecule has 1 aromatic heterocycles. The van der Waals surface area contributed by atoms with Gasteiger partial charge in [0.15, 0.2) is 0 Å². The predicted molar refractivity (Wildman–Crippen MR) is 54.2 cm³/mol. The van der Waals surface area contributed by atoms with Crippen molar-refractivity contribution < 1.29 is 0 Å². The standard InChI is InChI=1S/C11H15N/c1-5-9(3)11-7-8-12(6-2)10(11)4/h5,7-8H,1,4,6H2,2-3H3/b11-9-. The second-order valence-electron chi connectivity index (χ2n) is 2.85. The van der Waals surface area contributed by atoms with Crippen molar-refractivity contribution in [3.63, 3.8) is 0 Å². The van der Waals surface area contributed by atoms with Gasteiger partial charge in [-0.05, 0) is 25.5 Å². The number of rotatable bonds is 2. The minimum absolute atomic E-state index is 0.975. The van der Waals surface area contributed by atoms with Gasteiger partial charge in [-0.15, -0.1) is 0 Å². The van der Waals surface area contributed by atoms with E-state index in [1.807, 2.05) is 6.08 Å². The van der Waals surface area contributed by atoms with Gasteiger partial charge in [0.2, 0.25) is 0 Å². The van der Waals surface area contributed by atoms with E-state index in [0.29, 0.717) is 0 Å². The van der Waals surface area contributed by atoms with Crippen LogP contribution in [0.1, 0.15) is 13.8 Å². The molecule has 0 aliphatic carbocycles. The van der Waals surface area contributed by atoms with E-state index >= 15 is 0 Å². The molecular formula is C11H15N. The number of aromatic nitrogens is 1. The van der Waals surface area contributed by atoms with Crippen LogP contribution in [0.3, 0.4) is 0 Å². The Bertz CT molecular complexity index is 382. The van der Waals surface area contributed by atoms with Gasteiger partial charge in [0, 0.05) is 23.3 Å². The molecule has 0 aromatic carbocycles. The Morgan fingerprint density at radius 2 is 2.33 bits per heavy atom. The molecule has 1 aromatic rings. The molecule has 0 saturated heterocycles. The highest BCUT2D eigenvalue weighted by molar-refractivity contribution is 5.52. The van der Waals surface area contributed by atoms with Crippen LogP contribution in [0.15, 0.2) is 24.9 Å². The van der Waals surface area contributed by atoms with Crippen LogP contribution >= 0.6 is 0 Å². The van der Waals surface area contributed by atoms with E-state index in [9.17, 15) is 0 Å². The normalized spacial score (nSPS) is 12.8. The summed E-state index contributed by atoms with van der Waals surface area (Å²) in [5, 5.41) is 2.28. The van der Waals surface area contributed by atoms with Gasteiger partial charge >= 0.3 is 0 Å². The molecule has 1 rings (SSSR count). The molecule has 0 radical (unpaired) electrons. The molecule has 0 atom stereocenters. The molecule has 0 saturated carbocycles. The second-order valence-corrected chi connectivity index (χ2v) is 2.85. The predicted octanol–water partition coefficient (Wildman–Crippen LogP) is 1.27. The van der Waals surface area contributed by atoms with Crippen LogP contribution in [0.2, 0.25) is 0 Å². The Morgan fingerprint density at radius 3 is 2.75 bits per heavy atom. The molecule has 0 aliphatic heterocycles. The first-order chi connectivity index (χ1) is 5.70. The molecule has 0 N–H and O–H groups in total. The summed E-state index contributed by atoms with van der Waals surface area (Å²) in [6.07, 6.45) is 3.93. The van der Waals surface area contributed by atoms with Crippen molar-refractivity contribution in [2.24, 2.45) is 0 Å². The van der Waals surface area contributed by atoms with Gasteiger partial charge in [0.05, 0.1) is 0 Å². The zero-order chi connectivity index (χ0) is 9.14. The molecule has 1 heteroatoms. The largest absolute Gasteiger partial charge is 0.348 e. The Balaban J connectivity index is 3.48. The van der Waals surface area contributed by atoms with E-state index < -0.39 is 0 Å². The molecule has 0 amide bonds. The summed E-state index contributed by atoms with van der Waals surface area (Å²) in [7, 11) is 0. The van der Waals surface area contributed by atoms with Gasteiger partial charge in [-0.2, -0.15) is 0 Å². The first-order valence-corrected chi connectivity index (χ1v) is 4.18. The van der Waals surface area contributed by atoms with Crippen molar-refractivity contribution in [3.05, 3.63) is 35.5 Å². The molecule has 0 aliphatic rings. The minimum Gasteiger partial charge on any atom is -0.348 e. The van der Waals surface area contributed by atoms with Crippen molar-refractivity contribution >= 4 is 12.2 Å². The number of hydrogen-bond acceptors (Lipinski definition) is 0. The average Bonchev–Trinajstić information content (AvgIpc) is 2.45. The topological polar surface area (TPSA) is 4.93 Å². The van der Waals surface area contributed by atoms with Crippen LogP contribution in [0.25, 0.3) is 12.2 Å². The average molecular weight is 161 g/mol. The summed E-state index contributed by atoms with van der Waals surface area (Å²) < 4.78 is 2.13. The van der Waals surface area contributed by atoms with E-state index in [2.05, 4.69) is 43.8 Å². The third-order valence-electron chi connectivity index (χ3n) is 2.15. The summed E-state index contributed by atoms with van der Waals surface area (Å²) in [6.45, 7) is 12.9. The first kappa shape index (κ1) is 8.85. The third kappa shape index (κ3) is 1.35. The zero-order valence-corrected chi connectivity index (χ0v) is 7.80. The maximum atomic E-state index is 4.01. The highest BCUT2D eigenvalue weighted by Crippen LogP contribution is 1.88. The maximum Gasteiger partial charge on any atom is 0.0409 e. The van der Waals surface area contributed by atoms with E-state index in [1.165, 1.54) is 10.8 Å². The van der Waals surface area contributed by atoms with Gasteiger partial charge in [-0.25, -0.2) is 0 Å². The van der Waals surface area contributed by atoms with Gasteiger partial charge in [-0.1, -0.05) is 19.2 Å². The van der Waals surface area contributed by atoms with Crippen molar-refractivity contribution in [1.29, 1.82) is 0 Å². The molecule has 1 heterocycles. The fourth-order valence-corrected chi connectivity index (χ4v) is 1.27. The van der Waals surface area contributed by atoms with E-state index in [4.69, 9.17) is 0 Å². The molecule has 0 spiro atoms. The number of allylic oxidation sites excluding steroid dienone is 1. The van der Waals surface area contributed by atoms with Gasteiger partial charge in [-0.3, -0.25) is 0 Å². The lowest BCUT2D eigenvalue weighted by atomic mass is 10.2. The lowest BCUT2D eigenvalue weighted by Gasteiger charge is -1.94. The number of nitrogens with zero attached hydrogens (tertiary/aromatic N) is 1. The smallest absolute Gasteiger partial charge is 0.0409 e. The fourth-order valence-electron chi connectivity index (χ4n) is 1.27. The summed E-state index contributed by atoms with van der Waals surface area (Å²) in [5.41, 5.74) is 1.19. The SMILES string of the molecule is C=C/C(C)=c1/ccn(CC)c1=C. The van der Waals surface area contributed by atoms with Gasteiger partial charge in [0.25, 0.3) is 0 Å². The van der Waals surface area contributed by atoms with Crippen molar-refractivity contribution in [2.45, 2.75) is 20.4 Å². The van der Waals surface area contributed by atoms with Crippen molar-refractivity contribution in [3.8, 4) is 0 Å². The third-order valence-corrected chi connectivity index (χ3v) is 2.15. The molecule has 0 bridgehead atoms. The van der Waals surface area contributed by atoms with E-state index in [-0.39, 0.29) is 0 Å².